The van der Waals surface area contributed by atoms with Crippen molar-refractivity contribution in [1.82, 2.24) is 14.9 Å². The number of sulfonamides is 1. The summed E-state index contributed by atoms with van der Waals surface area (Å²) in [4.78, 5) is 22.5. The maximum atomic E-state index is 14.7. The number of benzene rings is 2. The van der Waals surface area contributed by atoms with Crippen LogP contribution in [0.25, 0.3) is 0 Å². The first-order valence-corrected chi connectivity index (χ1v) is 11.1. The van der Waals surface area contributed by atoms with Crippen LogP contribution in [0.15, 0.2) is 44.4 Å². The summed E-state index contributed by atoms with van der Waals surface area (Å²) in [6.07, 6.45) is 0. The van der Waals surface area contributed by atoms with Crippen molar-refractivity contribution in [2.24, 2.45) is 0 Å². The highest BCUT2D eigenvalue weighted by molar-refractivity contribution is 7.89. The number of carboxylic acids is 1. The highest BCUT2D eigenvalue weighted by atomic mass is 35.5. The van der Waals surface area contributed by atoms with E-state index >= 15 is 0 Å². The van der Waals surface area contributed by atoms with Crippen molar-refractivity contribution in [3.63, 3.8) is 0 Å². The number of carbonyl (C=O) groups is 1. The topological polar surface area (TPSA) is 142 Å². The normalized spacial score (nSPS) is 13.7. The minimum atomic E-state index is -4.54. The number of nitrogens with zero attached hydrogens (tertiary/aromatic N) is 1. The number of aromatic amines is 1. The van der Waals surface area contributed by atoms with Crippen LogP contribution in [0.5, 0.6) is 0 Å². The molecule has 12 heteroatoms. The number of nitrogens with one attached hydrogen (secondary N) is 2. The number of rotatable bonds is 7. The maximum Gasteiger partial charge on any atom is 0.434 e. The van der Waals surface area contributed by atoms with E-state index in [1.54, 1.807) is 19.9 Å². The Morgan fingerprint density at radius 1 is 1.28 bits per heavy atom. The van der Waals surface area contributed by atoms with Gasteiger partial charge in [0.1, 0.15) is 11.9 Å². The van der Waals surface area contributed by atoms with Crippen molar-refractivity contribution in [1.29, 1.82) is 0 Å². The molecule has 2 aromatic carbocycles. The van der Waals surface area contributed by atoms with Crippen molar-refractivity contribution in [2.45, 2.75) is 37.6 Å². The summed E-state index contributed by atoms with van der Waals surface area (Å²) in [7, 11) is -4.54. The fourth-order valence-electron chi connectivity index (χ4n) is 3.40. The Morgan fingerprint density at radius 2 is 1.97 bits per heavy atom. The van der Waals surface area contributed by atoms with Gasteiger partial charge in [-0.05, 0) is 54.8 Å². The fourth-order valence-corrected chi connectivity index (χ4v) is 5.13. The van der Waals surface area contributed by atoms with Crippen LogP contribution in [-0.4, -0.2) is 29.7 Å². The first kappa shape index (κ1) is 23.6. The largest absolute Gasteiger partial charge is 0.478 e. The second-order valence-electron chi connectivity index (χ2n) is 7.19. The standard InChI is InChI=1S/C20H19ClFN3O6S/c1-9-4-7-14(22)16(10(9)2)11(3)17(18-23-24-20(28)31-18)25-32(29,30)15-8-12(21)5-6-13(15)19(26)27/h4-8,11,17,25H,1-3H3,(H,24,28)(H,26,27)/t11-,17-/m0/s1. The molecule has 1 aromatic heterocycles. The zero-order chi connectivity index (χ0) is 23.8. The van der Waals surface area contributed by atoms with Crippen molar-refractivity contribution in [3.05, 3.63) is 79.9 Å². The van der Waals surface area contributed by atoms with Crippen molar-refractivity contribution in [3.8, 4) is 0 Å². The molecule has 3 N–H and O–H groups in total. The van der Waals surface area contributed by atoms with E-state index < -0.39 is 50.0 Å². The molecule has 0 amide bonds. The van der Waals surface area contributed by atoms with E-state index in [-0.39, 0.29) is 16.5 Å². The molecule has 0 saturated carbocycles. The van der Waals surface area contributed by atoms with Crippen LogP contribution in [0.1, 0.15) is 51.8 Å². The molecular formula is C20H19ClFN3O6S. The average Bonchev–Trinajstić information content (AvgIpc) is 3.15. The van der Waals surface area contributed by atoms with E-state index in [2.05, 4.69) is 9.82 Å². The molecule has 0 fully saturated rings. The number of H-pyrrole nitrogens is 1. The smallest absolute Gasteiger partial charge is 0.434 e. The van der Waals surface area contributed by atoms with Crippen LogP contribution < -0.4 is 10.5 Å². The predicted molar refractivity (Wildman–Crippen MR) is 113 cm³/mol. The van der Waals surface area contributed by atoms with Gasteiger partial charge in [0.25, 0.3) is 0 Å². The molecule has 0 aliphatic carbocycles. The molecule has 1 heterocycles. The molecule has 0 radical (unpaired) electrons. The number of aromatic carboxylic acids is 1. The van der Waals surface area contributed by atoms with Gasteiger partial charge in [-0.15, -0.1) is 5.10 Å². The predicted octanol–water partition coefficient (Wildman–Crippen LogP) is 3.29. The van der Waals surface area contributed by atoms with E-state index in [1.807, 2.05) is 5.10 Å². The molecule has 0 aliphatic heterocycles. The fraction of sp³-hybridized carbons (Fsp3) is 0.250. The van der Waals surface area contributed by atoms with Gasteiger partial charge in [-0.3, -0.25) is 0 Å². The first-order chi connectivity index (χ1) is 14.9. The Kier molecular flexibility index (Phi) is 6.54. The van der Waals surface area contributed by atoms with Gasteiger partial charge in [-0.1, -0.05) is 24.6 Å². The number of aryl methyl sites for hydroxylation is 1. The summed E-state index contributed by atoms with van der Waals surface area (Å²) in [6, 6.07) is 4.75. The molecule has 0 spiro atoms. The average molecular weight is 484 g/mol. The third kappa shape index (κ3) is 4.59. The Labute approximate surface area is 187 Å². The van der Waals surface area contributed by atoms with Gasteiger partial charge >= 0.3 is 11.7 Å². The second kappa shape index (κ2) is 8.85. The molecule has 170 valence electrons. The number of aromatic nitrogens is 2. The van der Waals surface area contributed by atoms with Crippen molar-refractivity contribution < 1.29 is 27.1 Å². The monoisotopic (exact) mass is 483 g/mol. The molecule has 9 nitrogen and oxygen atoms in total. The Morgan fingerprint density at radius 3 is 2.56 bits per heavy atom. The summed E-state index contributed by atoms with van der Waals surface area (Å²) in [5, 5.41) is 15.1. The van der Waals surface area contributed by atoms with Crippen LogP contribution in [0, 0.1) is 19.7 Å². The van der Waals surface area contributed by atoms with Crippen LogP contribution >= 0.6 is 11.6 Å². The van der Waals surface area contributed by atoms with E-state index in [0.717, 1.165) is 17.7 Å². The third-order valence-corrected chi connectivity index (χ3v) is 6.87. The lowest BCUT2D eigenvalue weighted by atomic mass is 9.88. The van der Waals surface area contributed by atoms with E-state index in [9.17, 15) is 27.5 Å². The lowest BCUT2D eigenvalue weighted by Crippen LogP contribution is -2.33. The minimum Gasteiger partial charge on any atom is -0.478 e. The molecule has 2 atom stereocenters. The van der Waals surface area contributed by atoms with Crippen LogP contribution in [0.2, 0.25) is 5.02 Å². The third-order valence-electron chi connectivity index (χ3n) is 5.15. The van der Waals surface area contributed by atoms with Gasteiger partial charge in [0.05, 0.1) is 10.5 Å². The van der Waals surface area contributed by atoms with Gasteiger partial charge in [-0.25, -0.2) is 27.5 Å². The molecule has 0 bridgehead atoms. The number of carboxylic acid groups (broad SMARTS) is 1. The molecular weight excluding hydrogens is 465 g/mol. The maximum absolute atomic E-state index is 14.7. The quantitative estimate of drug-likeness (QED) is 0.468. The van der Waals surface area contributed by atoms with Gasteiger partial charge < -0.3 is 9.52 Å². The SMILES string of the molecule is Cc1ccc(F)c([C@H](C)[C@H](NS(=O)(=O)c2cc(Cl)ccc2C(=O)O)c2n[nH]c(=O)o2)c1C. The molecule has 3 rings (SSSR count). The zero-order valence-corrected chi connectivity index (χ0v) is 18.7. The second-order valence-corrected chi connectivity index (χ2v) is 9.31. The molecule has 0 saturated heterocycles. The lowest BCUT2D eigenvalue weighted by Gasteiger charge is -2.25. The summed E-state index contributed by atoms with van der Waals surface area (Å²) >= 11 is 5.89. The van der Waals surface area contributed by atoms with Crippen molar-refractivity contribution >= 4 is 27.6 Å². The van der Waals surface area contributed by atoms with E-state index in [4.69, 9.17) is 16.0 Å². The number of hydrogen-bond acceptors (Lipinski definition) is 6. The zero-order valence-electron chi connectivity index (χ0n) is 17.1. The van der Waals surface area contributed by atoms with Crippen molar-refractivity contribution in [2.75, 3.05) is 0 Å². The molecule has 0 aliphatic rings. The summed E-state index contributed by atoms with van der Waals surface area (Å²) in [6.45, 7) is 4.97. The summed E-state index contributed by atoms with van der Waals surface area (Å²) in [5.41, 5.74) is 1.01. The molecule has 0 unspecified atom stereocenters. The van der Waals surface area contributed by atoms with E-state index in [1.165, 1.54) is 19.1 Å². The molecule has 32 heavy (non-hydrogen) atoms. The van der Waals surface area contributed by atoms with Crippen LogP contribution in [0.4, 0.5) is 4.39 Å². The summed E-state index contributed by atoms with van der Waals surface area (Å²) < 4.78 is 48.4. The highest BCUT2D eigenvalue weighted by Crippen LogP contribution is 2.35. The Bertz CT molecular complexity index is 1350. The van der Waals surface area contributed by atoms with Gasteiger partial charge in [0, 0.05) is 10.9 Å². The number of hydrogen-bond donors (Lipinski definition) is 3. The first-order valence-electron chi connectivity index (χ1n) is 9.28. The molecule has 3 aromatic rings. The van der Waals surface area contributed by atoms with E-state index in [0.29, 0.717) is 5.56 Å². The summed E-state index contributed by atoms with van der Waals surface area (Å²) in [5.74, 6) is -4.25. The van der Waals surface area contributed by atoms with Crippen LogP contribution in [0.3, 0.4) is 0 Å². The lowest BCUT2D eigenvalue weighted by molar-refractivity contribution is 0.0692. The van der Waals surface area contributed by atoms with Crippen LogP contribution in [-0.2, 0) is 10.0 Å². The van der Waals surface area contributed by atoms with Gasteiger partial charge in [0.2, 0.25) is 15.9 Å². The van der Waals surface area contributed by atoms with Gasteiger partial charge in [-0.2, -0.15) is 4.72 Å². The number of halogens is 2. The Hall–Kier alpha value is -3.02. The van der Waals surface area contributed by atoms with Gasteiger partial charge in [0.15, 0.2) is 0 Å². The minimum absolute atomic E-state index is 0.00755. The highest BCUT2D eigenvalue weighted by Gasteiger charge is 2.35. The Balaban J connectivity index is 2.15.